The molecule has 176 valence electrons. The van der Waals surface area contributed by atoms with Gasteiger partial charge in [0.05, 0.1) is 27.6 Å². The lowest BCUT2D eigenvalue weighted by atomic mass is 10.1. The van der Waals surface area contributed by atoms with Crippen molar-refractivity contribution in [3.8, 4) is 5.69 Å². The van der Waals surface area contributed by atoms with Crippen LogP contribution in [0.3, 0.4) is 0 Å². The normalized spacial score (nSPS) is 12.5. The SMILES string of the molecule is O=C(Nc1ccc(C(=O)N2CCc3cccn3-c3ccccc32)cc1Cl)c1cc(F)cc(F)c1F. The molecule has 4 aromatic rings. The zero-order valence-electron chi connectivity index (χ0n) is 18.1. The Hall–Kier alpha value is -4.04. The number of nitrogens with one attached hydrogen (secondary N) is 1. The summed E-state index contributed by atoms with van der Waals surface area (Å²) in [6.45, 7) is 0.445. The second kappa shape index (κ2) is 8.96. The summed E-state index contributed by atoms with van der Waals surface area (Å²) in [5.74, 6) is -5.42. The Labute approximate surface area is 203 Å². The highest BCUT2D eigenvalue weighted by Gasteiger charge is 2.25. The van der Waals surface area contributed by atoms with E-state index in [4.69, 9.17) is 11.6 Å². The van der Waals surface area contributed by atoms with Crippen molar-refractivity contribution in [2.24, 2.45) is 0 Å². The number of benzene rings is 3. The molecule has 1 aromatic heterocycles. The second-order valence-corrected chi connectivity index (χ2v) is 8.37. The Morgan fingerprint density at radius 2 is 1.69 bits per heavy atom. The van der Waals surface area contributed by atoms with E-state index in [-0.39, 0.29) is 22.2 Å². The molecule has 0 unspecified atom stereocenters. The molecular weight excluding hydrogens is 479 g/mol. The summed E-state index contributed by atoms with van der Waals surface area (Å²) in [4.78, 5) is 27.5. The van der Waals surface area contributed by atoms with Gasteiger partial charge in [-0.15, -0.1) is 0 Å². The van der Waals surface area contributed by atoms with Gasteiger partial charge in [0, 0.05) is 36.5 Å². The number of carbonyl (C=O) groups is 2. The van der Waals surface area contributed by atoms with Crippen LogP contribution in [-0.2, 0) is 6.42 Å². The fourth-order valence-corrected chi connectivity index (χ4v) is 4.35. The summed E-state index contributed by atoms with van der Waals surface area (Å²) in [5, 5.41) is 2.34. The van der Waals surface area contributed by atoms with Gasteiger partial charge in [-0.05, 0) is 48.5 Å². The molecule has 0 fully saturated rings. The van der Waals surface area contributed by atoms with Gasteiger partial charge in [-0.25, -0.2) is 13.2 Å². The fraction of sp³-hybridized carbons (Fsp3) is 0.0769. The summed E-state index contributed by atoms with van der Waals surface area (Å²) in [7, 11) is 0. The number of amides is 2. The van der Waals surface area contributed by atoms with Crippen LogP contribution < -0.4 is 10.2 Å². The molecule has 0 radical (unpaired) electrons. The van der Waals surface area contributed by atoms with Gasteiger partial charge in [-0.3, -0.25) is 9.59 Å². The molecule has 5 nitrogen and oxygen atoms in total. The van der Waals surface area contributed by atoms with Crippen LogP contribution in [0.1, 0.15) is 26.4 Å². The molecule has 1 aliphatic heterocycles. The van der Waals surface area contributed by atoms with E-state index in [0.717, 1.165) is 17.1 Å². The minimum Gasteiger partial charge on any atom is -0.321 e. The third-order valence-corrected chi connectivity index (χ3v) is 6.12. The molecule has 0 atom stereocenters. The maximum Gasteiger partial charge on any atom is 0.258 e. The Kier molecular flexibility index (Phi) is 5.82. The van der Waals surface area contributed by atoms with Crippen molar-refractivity contribution in [3.05, 3.63) is 112 Å². The molecule has 1 aliphatic rings. The zero-order valence-corrected chi connectivity index (χ0v) is 18.8. The van der Waals surface area contributed by atoms with Crippen LogP contribution in [0.25, 0.3) is 5.69 Å². The van der Waals surface area contributed by atoms with Gasteiger partial charge in [0.25, 0.3) is 11.8 Å². The molecule has 3 aromatic carbocycles. The number of hydrogen-bond donors (Lipinski definition) is 1. The molecule has 0 spiro atoms. The third kappa shape index (κ3) is 4.17. The zero-order chi connectivity index (χ0) is 24.7. The van der Waals surface area contributed by atoms with Gasteiger partial charge in [0.1, 0.15) is 5.82 Å². The number of nitrogens with zero attached hydrogens (tertiary/aromatic N) is 2. The van der Waals surface area contributed by atoms with Gasteiger partial charge in [0.2, 0.25) is 0 Å². The van der Waals surface area contributed by atoms with Crippen LogP contribution in [0.2, 0.25) is 5.02 Å². The lowest BCUT2D eigenvalue weighted by Crippen LogP contribution is -2.32. The summed E-state index contributed by atoms with van der Waals surface area (Å²) in [6.07, 6.45) is 2.59. The fourth-order valence-electron chi connectivity index (χ4n) is 4.13. The van der Waals surface area contributed by atoms with Gasteiger partial charge in [0.15, 0.2) is 11.6 Å². The van der Waals surface area contributed by atoms with Crippen LogP contribution in [-0.4, -0.2) is 22.9 Å². The molecule has 2 amide bonds. The van der Waals surface area contributed by atoms with Crippen LogP contribution in [0.4, 0.5) is 24.5 Å². The quantitative estimate of drug-likeness (QED) is 0.354. The van der Waals surface area contributed by atoms with E-state index < -0.39 is 28.9 Å². The second-order valence-electron chi connectivity index (χ2n) is 7.96. The van der Waals surface area contributed by atoms with Gasteiger partial charge < -0.3 is 14.8 Å². The monoisotopic (exact) mass is 495 g/mol. The van der Waals surface area contributed by atoms with Crippen molar-refractivity contribution in [1.82, 2.24) is 4.57 Å². The maximum atomic E-state index is 14.0. The Balaban J connectivity index is 1.42. The number of aromatic nitrogens is 1. The molecule has 0 saturated heterocycles. The van der Waals surface area contributed by atoms with E-state index in [0.29, 0.717) is 25.1 Å². The molecule has 9 heteroatoms. The van der Waals surface area contributed by atoms with Crippen LogP contribution in [0.5, 0.6) is 0 Å². The first-order chi connectivity index (χ1) is 16.8. The van der Waals surface area contributed by atoms with Crippen molar-refractivity contribution < 1.29 is 22.8 Å². The van der Waals surface area contributed by atoms with Crippen molar-refractivity contribution in [2.45, 2.75) is 6.42 Å². The first-order valence-corrected chi connectivity index (χ1v) is 11.0. The summed E-state index contributed by atoms with van der Waals surface area (Å²) in [6, 6.07) is 16.7. The number of para-hydroxylation sites is 2. The highest BCUT2D eigenvalue weighted by Crippen LogP contribution is 2.32. The molecule has 5 rings (SSSR count). The van der Waals surface area contributed by atoms with Crippen molar-refractivity contribution in [2.75, 3.05) is 16.8 Å². The van der Waals surface area contributed by atoms with E-state index in [2.05, 4.69) is 5.32 Å². The molecule has 2 heterocycles. The predicted octanol–water partition coefficient (Wildman–Crippen LogP) is 6.00. The van der Waals surface area contributed by atoms with E-state index in [1.165, 1.54) is 18.2 Å². The van der Waals surface area contributed by atoms with E-state index >= 15 is 0 Å². The van der Waals surface area contributed by atoms with Gasteiger partial charge in [-0.2, -0.15) is 0 Å². The minimum absolute atomic E-state index is 0.0100. The minimum atomic E-state index is -1.48. The van der Waals surface area contributed by atoms with Crippen LogP contribution >= 0.6 is 11.6 Å². The molecule has 0 bridgehead atoms. The lowest BCUT2D eigenvalue weighted by molar-refractivity contribution is 0.0986. The number of hydrogen-bond acceptors (Lipinski definition) is 2. The van der Waals surface area contributed by atoms with Crippen molar-refractivity contribution >= 4 is 34.8 Å². The molecule has 0 saturated carbocycles. The number of halogens is 4. The number of rotatable bonds is 3. The number of carbonyl (C=O) groups excluding carboxylic acids is 2. The smallest absolute Gasteiger partial charge is 0.258 e. The average molecular weight is 496 g/mol. The lowest BCUT2D eigenvalue weighted by Gasteiger charge is -2.23. The third-order valence-electron chi connectivity index (χ3n) is 5.80. The standard InChI is InChI=1S/C26H17ClF3N3O2/c27-19-12-15(7-8-21(19)31-25(34)18-13-16(28)14-20(29)24(18)30)26(35)33-11-9-17-4-3-10-32(17)22-5-1-2-6-23(22)33/h1-8,10,12-14H,9,11H2,(H,31,34). The van der Waals surface area contributed by atoms with E-state index in [9.17, 15) is 22.8 Å². The summed E-state index contributed by atoms with van der Waals surface area (Å²) >= 11 is 6.30. The number of anilines is 2. The molecule has 35 heavy (non-hydrogen) atoms. The largest absolute Gasteiger partial charge is 0.321 e. The van der Waals surface area contributed by atoms with Crippen molar-refractivity contribution in [1.29, 1.82) is 0 Å². The summed E-state index contributed by atoms with van der Waals surface area (Å²) in [5.41, 5.74) is 2.22. The molecule has 0 aliphatic carbocycles. The average Bonchev–Trinajstić information content (AvgIpc) is 3.25. The van der Waals surface area contributed by atoms with Gasteiger partial charge >= 0.3 is 0 Å². The predicted molar refractivity (Wildman–Crippen MR) is 127 cm³/mol. The Morgan fingerprint density at radius 1 is 0.914 bits per heavy atom. The Bertz CT molecular complexity index is 1480. The first kappa shape index (κ1) is 22.7. The van der Waals surface area contributed by atoms with Gasteiger partial charge in [-0.1, -0.05) is 23.7 Å². The molecular formula is C26H17ClF3N3O2. The molecule has 1 N–H and O–H groups in total. The van der Waals surface area contributed by atoms with Crippen LogP contribution in [0.15, 0.2) is 72.9 Å². The highest BCUT2D eigenvalue weighted by atomic mass is 35.5. The first-order valence-electron chi connectivity index (χ1n) is 10.7. The van der Waals surface area contributed by atoms with E-state index in [1.54, 1.807) is 4.90 Å². The topological polar surface area (TPSA) is 54.3 Å². The summed E-state index contributed by atoms with van der Waals surface area (Å²) < 4.78 is 42.9. The number of fused-ring (bicyclic) bond motifs is 3. The maximum absolute atomic E-state index is 14.0. The van der Waals surface area contributed by atoms with Crippen LogP contribution in [0, 0.1) is 17.5 Å². The highest BCUT2D eigenvalue weighted by molar-refractivity contribution is 6.34. The Morgan fingerprint density at radius 3 is 2.46 bits per heavy atom. The van der Waals surface area contributed by atoms with Crippen molar-refractivity contribution in [3.63, 3.8) is 0 Å². The van der Waals surface area contributed by atoms with E-state index in [1.807, 2.05) is 47.2 Å².